The number of carbonyl (C=O) groups is 2. The number of nitrogens with zero attached hydrogens (tertiary/aromatic N) is 4. The zero-order valence-electron chi connectivity index (χ0n) is 23.1. The topological polar surface area (TPSA) is 134 Å². The molecule has 0 atom stereocenters. The van der Waals surface area contributed by atoms with Crippen LogP contribution in [0.4, 0.5) is 15.4 Å². The molecule has 0 N–H and O–H groups in total. The number of anilines is 1. The average Bonchev–Trinajstić information content (AvgIpc) is 3.40. The van der Waals surface area contributed by atoms with Gasteiger partial charge in [-0.05, 0) is 60.6 Å². The van der Waals surface area contributed by atoms with Gasteiger partial charge in [0.05, 0.1) is 30.5 Å². The van der Waals surface area contributed by atoms with Gasteiger partial charge in [0.15, 0.2) is 12.0 Å². The van der Waals surface area contributed by atoms with Crippen molar-refractivity contribution in [2.75, 3.05) is 12.0 Å². The van der Waals surface area contributed by atoms with Crippen LogP contribution in [0.3, 0.4) is 0 Å². The molecule has 4 rings (SSSR count). The number of amides is 2. The minimum atomic E-state index is -1.07. The third-order valence-corrected chi connectivity index (χ3v) is 5.72. The maximum absolute atomic E-state index is 13.7. The molecule has 0 aliphatic rings. The van der Waals surface area contributed by atoms with E-state index in [-0.39, 0.29) is 27.9 Å². The second-order valence-electron chi connectivity index (χ2n) is 10.9. The third-order valence-electron chi connectivity index (χ3n) is 5.72. The van der Waals surface area contributed by atoms with Crippen LogP contribution in [0.5, 0.6) is 5.75 Å². The van der Waals surface area contributed by atoms with Crippen molar-refractivity contribution in [3.63, 3.8) is 0 Å². The van der Waals surface area contributed by atoms with E-state index in [1.165, 1.54) is 30.2 Å². The maximum Gasteiger partial charge on any atom is 0.425 e. The number of carbonyl (C=O) groups excluding carboxylic acids is 2. The molecule has 4 aromatic rings. The second kappa shape index (κ2) is 9.54. The Morgan fingerprint density at radius 1 is 1.08 bits per heavy atom. The molecular formula is C28H30N4O7. The quantitative estimate of drug-likeness (QED) is 0.235. The molecule has 0 unspecified atom stereocenters. The van der Waals surface area contributed by atoms with Crippen LogP contribution in [0.25, 0.3) is 27.7 Å². The summed E-state index contributed by atoms with van der Waals surface area (Å²) < 4.78 is 24.5. The van der Waals surface area contributed by atoms with E-state index in [2.05, 4.69) is 6.07 Å². The molecule has 0 saturated carbocycles. The maximum atomic E-state index is 13.7. The first-order chi connectivity index (χ1) is 18.2. The lowest BCUT2D eigenvalue weighted by atomic mass is 10.1. The van der Waals surface area contributed by atoms with Crippen molar-refractivity contribution in [3.05, 3.63) is 53.1 Å². The van der Waals surface area contributed by atoms with Crippen LogP contribution >= 0.6 is 0 Å². The number of aromatic nitrogens is 2. The number of rotatable bonds is 3. The zero-order chi connectivity index (χ0) is 28.9. The normalized spacial score (nSPS) is 11.9. The van der Waals surface area contributed by atoms with Crippen LogP contribution in [0, 0.1) is 23.5 Å². The molecule has 11 heteroatoms. The van der Waals surface area contributed by atoms with Gasteiger partial charge in [-0.2, -0.15) is 14.9 Å². The molecule has 11 nitrogen and oxygen atoms in total. The summed E-state index contributed by atoms with van der Waals surface area (Å²) in [5.41, 5.74) is -0.365. The van der Waals surface area contributed by atoms with Gasteiger partial charge in [0.2, 0.25) is 5.58 Å². The fraction of sp³-hybridized carbons (Fsp3) is 0.357. The van der Waals surface area contributed by atoms with Crippen molar-refractivity contribution in [2.24, 2.45) is 0 Å². The Bertz CT molecular complexity index is 1620. The van der Waals surface area contributed by atoms with E-state index in [1.54, 1.807) is 66.7 Å². The standard InChI is InChI=1S/C28H30N4O7/c1-16-19(10-9-11-21(16)36-8)31-22-18(15-30(35)20-12-13-37-23(20)22)17(14-29)24(31)32(25(33)38-27(2,3)4)26(34)39-28(5,6)7/h9-13,15H,1-8H3. The first-order valence-electron chi connectivity index (χ1n) is 12.2. The largest absolute Gasteiger partial charge is 0.618 e. The molecule has 0 saturated heterocycles. The highest BCUT2D eigenvalue weighted by Gasteiger charge is 2.39. The number of imide groups is 1. The molecule has 3 heterocycles. The van der Waals surface area contributed by atoms with E-state index in [4.69, 9.17) is 18.6 Å². The number of furan rings is 1. The fourth-order valence-corrected chi connectivity index (χ4v) is 4.25. The predicted octanol–water partition coefficient (Wildman–Crippen LogP) is 5.88. The van der Waals surface area contributed by atoms with Crippen LogP contribution in [-0.2, 0) is 9.47 Å². The van der Waals surface area contributed by atoms with E-state index in [0.717, 1.165) is 0 Å². The number of ether oxygens (including phenoxy) is 3. The molecule has 0 radical (unpaired) electrons. The van der Waals surface area contributed by atoms with Crippen LogP contribution in [0.1, 0.15) is 52.7 Å². The number of fused-ring (bicyclic) bond motifs is 3. The Morgan fingerprint density at radius 3 is 2.23 bits per heavy atom. The summed E-state index contributed by atoms with van der Waals surface area (Å²) in [5, 5.41) is 23.4. The second-order valence-corrected chi connectivity index (χ2v) is 10.9. The minimum absolute atomic E-state index is 0.133. The average molecular weight is 535 g/mol. The van der Waals surface area contributed by atoms with Crippen molar-refractivity contribution in [3.8, 4) is 17.5 Å². The molecule has 0 bridgehead atoms. The number of benzene rings is 1. The highest BCUT2D eigenvalue weighted by Crippen LogP contribution is 2.41. The van der Waals surface area contributed by atoms with Crippen molar-refractivity contribution in [1.29, 1.82) is 5.26 Å². The lowest BCUT2D eigenvalue weighted by Gasteiger charge is -2.29. The molecule has 0 fully saturated rings. The van der Waals surface area contributed by atoms with E-state index in [9.17, 15) is 20.1 Å². The predicted molar refractivity (Wildman–Crippen MR) is 143 cm³/mol. The highest BCUT2D eigenvalue weighted by atomic mass is 16.6. The zero-order valence-corrected chi connectivity index (χ0v) is 23.1. The number of methoxy groups -OCH3 is 1. The SMILES string of the molecule is COc1cccc(-n2c(N(C(=O)OC(C)(C)C)C(=O)OC(C)(C)C)c(C#N)c3c[n+]([O-])c4ccoc4c32)c1C. The molecule has 204 valence electrons. The summed E-state index contributed by atoms with van der Waals surface area (Å²) in [6, 6.07) is 8.78. The van der Waals surface area contributed by atoms with Gasteiger partial charge in [-0.15, -0.1) is 0 Å². The molecule has 1 aromatic carbocycles. The van der Waals surface area contributed by atoms with Crippen LogP contribution in [0.2, 0.25) is 0 Å². The summed E-state index contributed by atoms with van der Waals surface area (Å²) in [4.78, 5) is 28.0. The Hall–Kier alpha value is -4.72. The Kier molecular flexibility index (Phi) is 6.68. The molecule has 2 amide bonds. The van der Waals surface area contributed by atoms with Crippen LogP contribution in [-0.4, -0.2) is 35.1 Å². The van der Waals surface area contributed by atoms with Crippen LogP contribution < -0.4 is 14.4 Å². The number of nitriles is 1. The highest BCUT2D eigenvalue weighted by molar-refractivity contribution is 6.15. The molecular weight excluding hydrogens is 504 g/mol. The Balaban J connectivity index is 2.22. The smallest absolute Gasteiger partial charge is 0.425 e. The summed E-state index contributed by atoms with van der Waals surface area (Å²) in [7, 11) is 1.51. The number of hydrogen-bond acceptors (Lipinski definition) is 8. The first-order valence-corrected chi connectivity index (χ1v) is 12.2. The van der Waals surface area contributed by atoms with Gasteiger partial charge < -0.3 is 23.8 Å². The van der Waals surface area contributed by atoms with Gasteiger partial charge in [-0.1, -0.05) is 6.07 Å². The number of hydrogen-bond donors (Lipinski definition) is 0. The van der Waals surface area contributed by atoms with E-state index >= 15 is 0 Å². The molecule has 3 aromatic heterocycles. The van der Waals surface area contributed by atoms with Gasteiger partial charge in [0, 0.05) is 5.56 Å². The van der Waals surface area contributed by atoms with Crippen molar-refractivity contribution in [2.45, 2.75) is 59.7 Å². The van der Waals surface area contributed by atoms with Gasteiger partial charge >= 0.3 is 12.2 Å². The summed E-state index contributed by atoms with van der Waals surface area (Å²) >= 11 is 0. The summed E-state index contributed by atoms with van der Waals surface area (Å²) in [6.45, 7) is 11.7. The van der Waals surface area contributed by atoms with Gasteiger partial charge in [-0.3, -0.25) is 4.57 Å². The van der Waals surface area contributed by atoms with Crippen molar-refractivity contribution < 1.29 is 32.9 Å². The summed E-state index contributed by atoms with van der Waals surface area (Å²) in [6.07, 6.45) is 0.426. The number of pyridine rings is 1. The van der Waals surface area contributed by atoms with E-state index in [1.807, 2.05) is 0 Å². The van der Waals surface area contributed by atoms with Crippen LogP contribution in [0.15, 0.2) is 41.1 Å². The van der Waals surface area contributed by atoms with Gasteiger partial charge in [0.25, 0.3) is 5.52 Å². The van der Waals surface area contributed by atoms with Crippen molar-refractivity contribution >= 4 is 40.0 Å². The molecule has 0 aliphatic heterocycles. The molecule has 0 aliphatic carbocycles. The fourth-order valence-electron chi connectivity index (χ4n) is 4.25. The Morgan fingerprint density at radius 2 is 1.69 bits per heavy atom. The molecule has 0 spiro atoms. The lowest BCUT2D eigenvalue weighted by Crippen LogP contribution is -2.45. The van der Waals surface area contributed by atoms with E-state index in [0.29, 0.717) is 32.1 Å². The lowest BCUT2D eigenvalue weighted by molar-refractivity contribution is -0.575. The Labute approximate surface area is 225 Å². The van der Waals surface area contributed by atoms with Crippen molar-refractivity contribution in [1.82, 2.24) is 4.57 Å². The summed E-state index contributed by atoms with van der Waals surface area (Å²) in [5.74, 6) is 0.349. The van der Waals surface area contributed by atoms with E-state index < -0.39 is 23.4 Å². The minimum Gasteiger partial charge on any atom is -0.618 e. The van der Waals surface area contributed by atoms with Gasteiger partial charge in [0.1, 0.15) is 34.1 Å². The third kappa shape index (κ3) is 4.93. The monoisotopic (exact) mass is 534 g/mol. The first kappa shape index (κ1) is 27.3. The molecule has 39 heavy (non-hydrogen) atoms. The van der Waals surface area contributed by atoms with Gasteiger partial charge in [-0.25, -0.2) is 9.59 Å².